The van der Waals surface area contributed by atoms with Crippen molar-refractivity contribution in [2.45, 2.75) is 24.6 Å². The summed E-state index contributed by atoms with van der Waals surface area (Å²) in [5, 5.41) is 9.75. The van der Waals surface area contributed by atoms with E-state index in [1.165, 1.54) is 25.3 Å². The maximum Gasteiger partial charge on any atom is 0.375 e. The highest BCUT2D eigenvalue weighted by atomic mass is 32.2. The first-order valence-electron chi connectivity index (χ1n) is 6.23. The Kier molecular flexibility index (Phi) is 6.50. The number of carbonyl (C=O) groups is 1. The van der Waals surface area contributed by atoms with Crippen molar-refractivity contribution in [3.63, 3.8) is 0 Å². The Morgan fingerprint density at radius 2 is 2.04 bits per heavy atom. The Morgan fingerprint density at radius 1 is 1.43 bits per heavy atom. The largest absolute Gasteiger partial charge is 0.375 e. The SMILES string of the molecule is CC(=O)SCC[n+]1cccc(CC(O)(P(=O)(O)O)S(=O)(=O)O)c1. The molecule has 0 saturated carbocycles. The molecule has 0 fully saturated rings. The van der Waals surface area contributed by atoms with E-state index in [-0.39, 0.29) is 10.7 Å². The van der Waals surface area contributed by atoms with Crippen LogP contribution in [0, 0.1) is 0 Å². The van der Waals surface area contributed by atoms with Gasteiger partial charge in [0.15, 0.2) is 24.1 Å². The molecule has 1 rings (SSSR count). The minimum absolute atomic E-state index is 0.0657. The van der Waals surface area contributed by atoms with Gasteiger partial charge in [-0.25, -0.2) is 4.57 Å². The molecule has 0 spiro atoms. The van der Waals surface area contributed by atoms with Crippen molar-refractivity contribution < 1.29 is 41.8 Å². The second kappa shape index (κ2) is 7.39. The average Bonchev–Trinajstić information content (AvgIpc) is 2.36. The molecule has 1 aromatic rings. The minimum Gasteiger partial charge on any atom is -0.363 e. The first kappa shape index (κ1) is 20.2. The summed E-state index contributed by atoms with van der Waals surface area (Å²) in [6.45, 7) is 1.80. The molecule has 1 atom stereocenters. The van der Waals surface area contributed by atoms with Gasteiger partial charge in [-0.05, 0) is 6.07 Å². The van der Waals surface area contributed by atoms with Crippen LogP contribution in [0.2, 0.25) is 0 Å². The monoisotopic (exact) mass is 386 g/mol. The van der Waals surface area contributed by atoms with Crippen LogP contribution in [0.1, 0.15) is 12.5 Å². The summed E-state index contributed by atoms with van der Waals surface area (Å²) in [4.78, 5) is 29.0. The van der Waals surface area contributed by atoms with Crippen LogP contribution < -0.4 is 4.57 Å². The van der Waals surface area contributed by atoms with E-state index in [0.717, 1.165) is 11.8 Å². The molecular weight excluding hydrogens is 369 g/mol. The third-order valence-corrected chi connectivity index (χ3v) is 7.11. The molecule has 130 valence electrons. The van der Waals surface area contributed by atoms with Gasteiger partial charge in [0.2, 0.25) is 0 Å². The molecule has 1 unspecified atom stereocenters. The second-order valence-electron chi connectivity index (χ2n) is 4.73. The summed E-state index contributed by atoms with van der Waals surface area (Å²) >= 11 is 1.08. The lowest BCUT2D eigenvalue weighted by Gasteiger charge is -2.24. The molecular formula is C11H17NO8PS2+. The zero-order valence-electron chi connectivity index (χ0n) is 12.1. The van der Waals surface area contributed by atoms with E-state index in [1.807, 2.05) is 0 Å². The fraction of sp³-hybridized carbons (Fsp3) is 0.455. The van der Waals surface area contributed by atoms with Crippen LogP contribution in [-0.2, 0) is 32.4 Å². The van der Waals surface area contributed by atoms with Crippen molar-refractivity contribution in [3.8, 4) is 0 Å². The number of thioether (sulfide) groups is 1. The molecule has 9 nitrogen and oxygen atoms in total. The number of hydrogen-bond donors (Lipinski definition) is 4. The van der Waals surface area contributed by atoms with Crippen LogP contribution in [0.15, 0.2) is 24.5 Å². The molecule has 0 aliphatic rings. The first-order chi connectivity index (χ1) is 10.4. The number of hydrogen-bond acceptors (Lipinski definition) is 6. The quantitative estimate of drug-likeness (QED) is 0.276. The average molecular weight is 386 g/mol. The minimum atomic E-state index is -5.56. The zero-order valence-corrected chi connectivity index (χ0v) is 14.6. The lowest BCUT2D eigenvalue weighted by Crippen LogP contribution is -2.41. The Hall–Kier alpha value is -0.810. The smallest absolute Gasteiger partial charge is 0.363 e. The van der Waals surface area contributed by atoms with Gasteiger partial charge in [-0.2, -0.15) is 8.42 Å². The van der Waals surface area contributed by atoms with Crippen molar-refractivity contribution in [3.05, 3.63) is 30.1 Å². The third kappa shape index (κ3) is 5.35. The van der Waals surface area contributed by atoms with Crippen LogP contribution in [0.25, 0.3) is 0 Å². The van der Waals surface area contributed by atoms with E-state index in [9.17, 15) is 22.9 Å². The summed E-state index contributed by atoms with van der Waals surface area (Å²) in [7, 11) is -11.0. The van der Waals surface area contributed by atoms with Crippen LogP contribution >= 0.6 is 19.4 Å². The third-order valence-electron chi connectivity index (χ3n) is 2.88. The van der Waals surface area contributed by atoms with Crippen molar-refractivity contribution >= 4 is 34.6 Å². The number of aromatic nitrogens is 1. The van der Waals surface area contributed by atoms with Gasteiger partial charge in [0.05, 0.1) is 5.75 Å². The second-order valence-corrected chi connectivity index (χ2v) is 9.76. The van der Waals surface area contributed by atoms with Crippen molar-refractivity contribution in [1.82, 2.24) is 0 Å². The number of carbonyl (C=O) groups excluding carboxylic acids is 1. The first-order valence-corrected chi connectivity index (χ1v) is 10.3. The molecule has 1 aromatic heterocycles. The lowest BCUT2D eigenvalue weighted by atomic mass is 10.2. The van der Waals surface area contributed by atoms with Crippen LogP contribution in [0.5, 0.6) is 0 Å². The maximum atomic E-state index is 11.3. The molecule has 23 heavy (non-hydrogen) atoms. The maximum absolute atomic E-state index is 11.3. The molecule has 0 amide bonds. The molecule has 12 heteroatoms. The van der Waals surface area contributed by atoms with Crippen molar-refractivity contribution in [2.24, 2.45) is 0 Å². The summed E-state index contributed by atoms with van der Waals surface area (Å²) < 4.78 is 40.6. The van der Waals surface area contributed by atoms with Crippen LogP contribution in [-0.4, -0.2) is 43.4 Å². The highest BCUT2D eigenvalue weighted by Gasteiger charge is 2.56. The normalized spacial score (nSPS) is 15.2. The van der Waals surface area contributed by atoms with Gasteiger partial charge in [0.1, 0.15) is 0 Å². The fourth-order valence-corrected chi connectivity index (χ4v) is 4.25. The zero-order chi connectivity index (χ0) is 17.9. The van der Waals surface area contributed by atoms with Gasteiger partial charge in [0, 0.05) is 25.0 Å². The van der Waals surface area contributed by atoms with Gasteiger partial charge in [0.25, 0.3) is 4.67 Å². The molecule has 0 aliphatic heterocycles. The van der Waals surface area contributed by atoms with Gasteiger partial charge in [-0.15, -0.1) is 0 Å². The highest BCUT2D eigenvalue weighted by molar-refractivity contribution is 8.13. The van der Waals surface area contributed by atoms with Crippen LogP contribution in [0.3, 0.4) is 0 Å². The molecule has 1 heterocycles. The van der Waals surface area contributed by atoms with Gasteiger partial charge in [-0.3, -0.25) is 13.9 Å². The molecule has 0 radical (unpaired) electrons. The summed E-state index contributed by atoms with van der Waals surface area (Å²) in [5.41, 5.74) is 0.0868. The van der Waals surface area contributed by atoms with E-state index >= 15 is 0 Å². The fourth-order valence-electron chi connectivity index (χ4n) is 1.73. The molecule has 0 bridgehead atoms. The van der Waals surface area contributed by atoms with E-state index in [0.29, 0.717) is 12.3 Å². The van der Waals surface area contributed by atoms with Gasteiger partial charge in [-0.1, -0.05) is 11.8 Å². The predicted molar refractivity (Wildman–Crippen MR) is 82.0 cm³/mol. The molecule has 0 saturated heterocycles. The van der Waals surface area contributed by atoms with Crippen molar-refractivity contribution in [2.75, 3.05) is 5.75 Å². The van der Waals surface area contributed by atoms with E-state index in [4.69, 9.17) is 14.3 Å². The molecule has 0 aliphatic carbocycles. The topological polar surface area (TPSA) is 153 Å². The number of pyridine rings is 1. The van der Waals surface area contributed by atoms with Gasteiger partial charge >= 0.3 is 17.7 Å². The summed E-state index contributed by atoms with van der Waals surface area (Å²) in [6.07, 6.45) is 1.98. The number of aryl methyl sites for hydroxylation is 1. The van der Waals surface area contributed by atoms with Gasteiger partial charge < -0.3 is 14.9 Å². The lowest BCUT2D eigenvalue weighted by molar-refractivity contribution is -0.692. The van der Waals surface area contributed by atoms with Crippen LogP contribution in [0.4, 0.5) is 0 Å². The standard InChI is InChI=1S/C11H16NO8PS2/c1-9(13)22-6-5-12-4-2-3-10(8-12)7-11(14,21(15,16)17)23(18,19)20/h2-4,8,14H,5-7H2,1H3,(H2-,15,16,17,18,19,20)/p+1. The van der Waals surface area contributed by atoms with E-state index < -0.39 is 28.8 Å². The Morgan fingerprint density at radius 3 is 2.52 bits per heavy atom. The summed E-state index contributed by atoms with van der Waals surface area (Å²) in [5.74, 6) is 0.449. The highest BCUT2D eigenvalue weighted by Crippen LogP contribution is 2.53. The van der Waals surface area contributed by atoms with Crippen molar-refractivity contribution in [1.29, 1.82) is 0 Å². The summed E-state index contributed by atoms with van der Waals surface area (Å²) in [6, 6.07) is 2.83. The van der Waals surface area contributed by atoms with E-state index in [2.05, 4.69) is 0 Å². The Labute approximate surface area is 137 Å². The molecule has 4 N–H and O–H groups in total. The molecule has 0 aromatic carbocycles. The predicted octanol–water partition coefficient (Wildman–Crippen LogP) is -0.492. The Balaban J connectivity index is 3.03. The number of aliphatic hydroxyl groups is 1. The number of rotatable bonds is 7. The number of nitrogens with zero attached hydrogens (tertiary/aromatic N) is 1. The Bertz CT molecular complexity index is 731. The van der Waals surface area contributed by atoms with E-state index in [1.54, 1.807) is 10.8 Å².